The number of sulfone groups is 1. The lowest BCUT2D eigenvalue weighted by molar-refractivity contribution is -0.145. The summed E-state index contributed by atoms with van der Waals surface area (Å²) < 4.78 is 25.7. The van der Waals surface area contributed by atoms with Gasteiger partial charge in [-0.05, 0) is 74.3 Å². The van der Waals surface area contributed by atoms with Crippen LogP contribution in [0.15, 0.2) is 24.5 Å². The highest BCUT2D eigenvalue weighted by atomic mass is 32.2. The normalized spacial score (nSPS) is 23.2. The van der Waals surface area contributed by atoms with Gasteiger partial charge in [0, 0.05) is 25.5 Å². The number of Topliss-reactive ketones (excluding diaryl/α,β-unsaturated/α-hetero) is 1. The molecule has 2 heterocycles. The predicted molar refractivity (Wildman–Crippen MR) is 203 cm³/mol. The number of amides is 5. The molecule has 0 radical (unpaired) electrons. The summed E-state index contributed by atoms with van der Waals surface area (Å²) in [7, 11) is -3.57. The third kappa shape index (κ3) is 9.77. The van der Waals surface area contributed by atoms with Crippen molar-refractivity contribution in [1.82, 2.24) is 31.2 Å². The second-order valence-electron chi connectivity index (χ2n) is 18.1. The molecule has 5 amide bonds. The highest BCUT2D eigenvalue weighted by Crippen LogP contribution is 2.65. The van der Waals surface area contributed by atoms with E-state index in [9.17, 15) is 32.4 Å². The minimum Gasteiger partial charge on any atom is -0.345 e. The van der Waals surface area contributed by atoms with Crippen molar-refractivity contribution in [2.24, 2.45) is 22.7 Å². The standard InChI is InChI=1S/C39H62N6O7S/c1-10-11-17-27(30(46)33(48)41-22-25-16-15-20-40-21-25)42-32(47)29-28-26(38(28,8)9)23-45(29)34(49)31(36(2,3)4)43-35(50)44-39(18-13-12-14-19-39)24-53(51,52)37(5,6)7/h15-16,20-21,26-29,31H,10-14,17-19,22-24H2,1-9H3,(H,41,48)(H,42,47)(H2,43,44,50)/t26-,27?,28-,29-,31+/m0/s1. The van der Waals surface area contributed by atoms with Crippen molar-refractivity contribution < 1.29 is 32.4 Å². The van der Waals surface area contributed by atoms with Gasteiger partial charge < -0.3 is 26.2 Å². The van der Waals surface area contributed by atoms with Crippen LogP contribution in [-0.2, 0) is 35.6 Å². The number of likely N-dealkylation sites (tertiary alicyclic amines) is 1. The number of piperidine rings is 1. The van der Waals surface area contributed by atoms with E-state index < -0.39 is 73.2 Å². The van der Waals surface area contributed by atoms with Gasteiger partial charge in [0.25, 0.3) is 5.91 Å². The fraction of sp³-hybridized carbons (Fsp3) is 0.744. The van der Waals surface area contributed by atoms with Crippen LogP contribution in [0, 0.1) is 22.7 Å². The Balaban J connectivity index is 1.53. The van der Waals surface area contributed by atoms with Crippen molar-refractivity contribution in [3.63, 3.8) is 0 Å². The van der Waals surface area contributed by atoms with Gasteiger partial charge in [0.05, 0.1) is 22.1 Å². The van der Waals surface area contributed by atoms with E-state index in [1.807, 2.05) is 27.7 Å². The van der Waals surface area contributed by atoms with Gasteiger partial charge in [-0.15, -0.1) is 0 Å². The van der Waals surface area contributed by atoms with Gasteiger partial charge in [0.15, 0.2) is 9.84 Å². The van der Waals surface area contributed by atoms with E-state index in [-0.39, 0.29) is 36.0 Å². The average Bonchev–Trinajstić information content (AvgIpc) is 3.37. The monoisotopic (exact) mass is 758 g/mol. The van der Waals surface area contributed by atoms with Crippen molar-refractivity contribution in [3.8, 4) is 0 Å². The first-order chi connectivity index (χ1) is 24.5. The summed E-state index contributed by atoms with van der Waals surface area (Å²) in [6, 6.07) is -0.147. The minimum absolute atomic E-state index is 0.0392. The zero-order chi connectivity index (χ0) is 39.6. The summed E-state index contributed by atoms with van der Waals surface area (Å²) in [5.74, 6) is -2.83. The van der Waals surface area contributed by atoms with E-state index in [2.05, 4.69) is 40.1 Å². The van der Waals surface area contributed by atoms with Crippen LogP contribution in [0.3, 0.4) is 0 Å². The van der Waals surface area contributed by atoms with Crippen molar-refractivity contribution >= 4 is 39.4 Å². The summed E-state index contributed by atoms with van der Waals surface area (Å²) in [5, 5.41) is 11.4. The maximum Gasteiger partial charge on any atom is 0.315 e. The van der Waals surface area contributed by atoms with Crippen LogP contribution in [-0.4, -0.2) is 88.5 Å². The maximum absolute atomic E-state index is 14.5. The molecule has 296 valence electrons. The number of nitrogens with one attached hydrogen (secondary N) is 4. The van der Waals surface area contributed by atoms with Crippen LogP contribution in [0.4, 0.5) is 4.79 Å². The van der Waals surface area contributed by atoms with E-state index in [4.69, 9.17) is 0 Å². The first kappa shape index (κ1) is 42.2. The number of carbonyl (C=O) groups excluding carboxylic acids is 5. The third-order valence-electron chi connectivity index (χ3n) is 11.6. The van der Waals surface area contributed by atoms with Crippen LogP contribution in [0.1, 0.15) is 119 Å². The zero-order valence-electron chi connectivity index (χ0n) is 33.1. The molecule has 1 unspecified atom stereocenters. The summed E-state index contributed by atoms with van der Waals surface area (Å²) in [6.45, 7) is 16.9. The molecule has 1 aromatic heterocycles. The Morgan fingerprint density at radius 2 is 1.66 bits per heavy atom. The van der Waals surface area contributed by atoms with Crippen LogP contribution >= 0.6 is 0 Å². The first-order valence-electron chi connectivity index (χ1n) is 19.2. The number of pyridine rings is 1. The number of rotatable bonds is 14. The summed E-state index contributed by atoms with van der Waals surface area (Å²) in [5.41, 5.74) is -1.24. The van der Waals surface area contributed by atoms with Crippen LogP contribution in [0.2, 0.25) is 0 Å². The first-order valence-corrected chi connectivity index (χ1v) is 20.8. The van der Waals surface area contributed by atoms with Crippen LogP contribution in [0.5, 0.6) is 0 Å². The lowest BCUT2D eigenvalue weighted by atomic mass is 9.83. The lowest BCUT2D eigenvalue weighted by Crippen LogP contribution is -2.64. The molecule has 0 aromatic carbocycles. The maximum atomic E-state index is 14.5. The summed E-state index contributed by atoms with van der Waals surface area (Å²) in [4.78, 5) is 74.5. The summed E-state index contributed by atoms with van der Waals surface area (Å²) >= 11 is 0. The Kier molecular flexibility index (Phi) is 12.8. The Morgan fingerprint density at radius 3 is 2.23 bits per heavy atom. The van der Waals surface area contributed by atoms with Gasteiger partial charge >= 0.3 is 6.03 Å². The molecule has 1 aliphatic heterocycles. The van der Waals surface area contributed by atoms with E-state index in [0.717, 1.165) is 31.2 Å². The Labute approximate surface area is 315 Å². The second-order valence-corrected chi connectivity index (χ2v) is 20.9. The number of urea groups is 1. The number of ketones is 1. The number of nitrogens with zero attached hydrogens (tertiary/aromatic N) is 2. The molecule has 1 saturated heterocycles. The van der Waals surface area contributed by atoms with E-state index in [1.54, 1.807) is 45.3 Å². The number of carbonyl (C=O) groups is 5. The highest BCUT2D eigenvalue weighted by Gasteiger charge is 2.70. The number of hydrogen-bond donors (Lipinski definition) is 4. The Hall–Kier alpha value is -3.55. The van der Waals surface area contributed by atoms with Crippen molar-refractivity contribution in [1.29, 1.82) is 0 Å². The molecule has 1 aromatic rings. The number of hydrogen-bond acceptors (Lipinski definition) is 8. The molecule has 0 bridgehead atoms. The number of unbranched alkanes of at least 4 members (excludes halogenated alkanes) is 1. The van der Waals surface area contributed by atoms with Gasteiger partial charge in [0.1, 0.15) is 12.1 Å². The van der Waals surface area contributed by atoms with Crippen molar-refractivity contribution in [2.45, 2.75) is 149 Å². The third-order valence-corrected chi connectivity index (χ3v) is 14.4. The van der Waals surface area contributed by atoms with Crippen LogP contribution in [0.25, 0.3) is 0 Å². The molecular formula is C39H62N6O7S. The minimum atomic E-state index is -3.57. The van der Waals surface area contributed by atoms with Crippen molar-refractivity contribution in [2.75, 3.05) is 12.3 Å². The molecule has 4 N–H and O–H groups in total. The molecule has 5 atom stereocenters. The SMILES string of the molecule is CCCCC(NC(=O)[C@@H]1[C@@H]2[C@H](CN1C(=O)[C@@H](NC(=O)NC1(CS(=O)(=O)C(C)(C)C)CCCCC1)C(C)(C)C)C2(C)C)C(=O)C(=O)NCc1cccnc1. The van der Waals surface area contributed by atoms with E-state index in [0.29, 0.717) is 25.8 Å². The molecule has 53 heavy (non-hydrogen) atoms. The van der Waals surface area contributed by atoms with Crippen molar-refractivity contribution in [3.05, 3.63) is 30.1 Å². The average molecular weight is 759 g/mol. The molecule has 4 rings (SSSR count). The zero-order valence-corrected chi connectivity index (χ0v) is 34.0. The fourth-order valence-electron chi connectivity index (χ4n) is 8.01. The Morgan fingerprint density at radius 1 is 1.00 bits per heavy atom. The topological polar surface area (TPSA) is 184 Å². The second kappa shape index (κ2) is 16.0. The van der Waals surface area contributed by atoms with Gasteiger partial charge in [-0.3, -0.25) is 24.2 Å². The van der Waals surface area contributed by atoms with E-state index >= 15 is 0 Å². The van der Waals surface area contributed by atoms with Gasteiger partial charge in [-0.2, -0.15) is 0 Å². The number of aromatic nitrogens is 1. The molecule has 3 aliphatic rings. The molecule has 0 spiro atoms. The van der Waals surface area contributed by atoms with Gasteiger partial charge in [-0.1, -0.05) is 79.7 Å². The van der Waals surface area contributed by atoms with Crippen LogP contribution < -0.4 is 21.3 Å². The van der Waals surface area contributed by atoms with Gasteiger partial charge in [-0.25, -0.2) is 13.2 Å². The smallest absolute Gasteiger partial charge is 0.315 e. The molecule has 3 fully saturated rings. The Bertz CT molecular complexity index is 1630. The van der Waals surface area contributed by atoms with Gasteiger partial charge in [0.2, 0.25) is 17.6 Å². The fourth-order valence-corrected chi connectivity index (χ4v) is 9.54. The number of fused-ring (bicyclic) bond motifs is 1. The molecule has 13 nitrogen and oxygen atoms in total. The highest BCUT2D eigenvalue weighted by molar-refractivity contribution is 7.92. The largest absolute Gasteiger partial charge is 0.345 e. The quantitative estimate of drug-likeness (QED) is 0.205. The molecular weight excluding hydrogens is 697 g/mol. The van der Waals surface area contributed by atoms with E-state index in [1.165, 1.54) is 4.90 Å². The molecule has 2 aliphatic carbocycles. The predicted octanol–water partition coefficient (Wildman–Crippen LogP) is 4.06. The molecule has 14 heteroatoms. The summed E-state index contributed by atoms with van der Waals surface area (Å²) in [6.07, 6.45) is 8.33. The molecule has 2 saturated carbocycles. The lowest BCUT2D eigenvalue weighted by Gasteiger charge is -2.41.